The van der Waals surface area contributed by atoms with Crippen LogP contribution in [0.1, 0.15) is 17.3 Å². The smallest absolute Gasteiger partial charge is 0.255 e. The third-order valence-electron chi connectivity index (χ3n) is 2.86. The molecule has 0 saturated heterocycles. The van der Waals surface area contributed by atoms with Crippen molar-refractivity contribution >= 4 is 18.3 Å². The van der Waals surface area contributed by atoms with Gasteiger partial charge in [0.05, 0.1) is 17.5 Å². The molecule has 3 N–H and O–H groups in total. The molecule has 21 heavy (non-hydrogen) atoms. The highest BCUT2D eigenvalue weighted by Gasteiger charge is 2.16. The number of carbonyl (C=O) groups excluding carboxylic acids is 1. The molecule has 1 aromatic carbocycles. The molecular formula is C14H18ClFN4O. The number of likely N-dealkylation sites (N-methyl/N-ethyl adjacent to an activating group) is 1. The third kappa shape index (κ3) is 4.27. The van der Waals surface area contributed by atoms with Gasteiger partial charge in [-0.25, -0.2) is 4.39 Å². The molecule has 2 rings (SSSR count). The summed E-state index contributed by atoms with van der Waals surface area (Å²) in [7, 11) is 0. The van der Waals surface area contributed by atoms with Crippen molar-refractivity contribution in [3.05, 3.63) is 41.8 Å². The Balaban J connectivity index is 0.00000220. The Labute approximate surface area is 128 Å². The first-order valence-corrected chi connectivity index (χ1v) is 6.51. The number of benzene rings is 1. The van der Waals surface area contributed by atoms with Crippen LogP contribution >= 0.6 is 12.4 Å². The van der Waals surface area contributed by atoms with Gasteiger partial charge in [0.25, 0.3) is 5.91 Å². The number of rotatable bonds is 6. The molecule has 0 atom stereocenters. The number of aromatic nitrogens is 2. The van der Waals surface area contributed by atoms with Crippen LogP contribution in [-0.4, -0.2) is 35.7 Å². The fourth-order valence-electron chi connectivity index (χ4n) is 1.86. The van der Waals surface area contributed by atoms with Crippen molar-refractivity contribution < 1.29 is 9.18 Å². The van der Waals surface area contributed by atoms with Crippen molar-refractivity contribution in [2.45, 2.75) is 6.92 Å². The van der Waals surface area contributed by atoms with Crippen molar-refractivity contribution in [2.75, 3.05) is 19.6 Å². The lowest BCUT2D eigenvalue weighted by atomic mass is 10.1. The molecule has 0 spiro atoms. The van der Waals surface area contributed by atoms with Gasteiger partial charge in [0.1, 0.15) is 5.82 Å². The molecule has 0 fully saturated rings. The Kier molecular flexibility index (Phi) is 6.84. The predicted molar refractivity (Wildman–Crippen MR) is 82.1 cm³/mol. The lowest BCUT2D eigenvalue weighted by molar-refractivity contribution is 0.0954. The van der Waals surface area contributed by atoms with Gasteiger partial charge in [0.2, 0.25) is 0 Å². The fourth-order valence-corrected chi connectivity index (χ4v) is 1.86. The van der Waals surface area contributed by atoms with Crippen molar-refractivity contribution in [1.82, 2.24) is 20.8 Å². The number of nitrogens with zero attached hydrogens (tertiary/aromatic N) is 1. The summed E-state index contributed by atoms with van der Waals surface area (Å²) in [6.07, 6.45) is 1.41. The molecule has 0 saturated carbocycles. The number of amides is 1. The quantitative estimate of drug-likeness (QED) is 0.714. The molecule has 0 bridgehead atoms. The van der Waals surface area contributed by atoms with E-state index < -0.39 is 5.82 Å². The zero-order chi connectivity index (χ0) is 14.4. The van der Waals surface area contributed by atoms with Gasteiger partial charge in [-0.1, -0.05) is 19.1 Å². The number of hydrogen-bond acceptors (Lipinski definition) is 3. The highest BCUT2D eigenvalue weighted by Crippen LogP contribution is 2.23. The van der Waals surface area contributed by atoms with Crippen LogP contribution in [0.4, 0.5) is 4.39 Å². The van der Waals surface area contributed by atoms with Gasteiger partial charge in [0.15, 0.2) is 0 Å². The van der Waals surface area contributed by atoms with Crippen molar-refractivity contribution in [3.63, 3.8) is 0 Å². The monoisotopic (exact) mass is 312 g/mol. The molecule has 2 aromatic rings. The zero-order valence-electron chi connectivity index (χ0n) is 11.6. The molecule has 1 heterocycles. The highest BCUT2D eigenvalue weighted by atomic mass is 35.5. The summed E-state index contributed by atoms with van der Waals surface area (Å²) in [4.78, 5) is 12.1. The molecule has 0 aliphatic heterocycles. The van der Waals surface area contributed by atoms with E-state index in [0.717, 1.165) is 6.54 Å². The number of halogens is 2. The van der Waals surface area contributed by atoms with Crippen LogP contribution in [0.2, 0.25) is 0 Å². The topological polar surface area (TPSA) is 69.8 Å². The van der Waals surface area contributed by atoms with Gasteiger partial charge >= 0.3 is 0 Å². The number of H-pyrrole nitrogens is 1. The average Bonchev–Trinajstić information content (AvgIpc) is 2.93. The summed E-state index contributed by atoms with van der Waals surface area (Å²) in [6.45, 7) is 4.04. The molecule has 114 valence electrons. The summed E-state index contributed by atoms with van der Waals surface area (Å²) < 4.78 is 13.8. The minimum Gasteiger partial charge on any atom is -0.351 e. The standard InChI is InChI=1S/C14H17FN4O.ClH/c1-2-16-7-8-17-14(20)11-9-18-19-13(11)10-5-3-4-6-12(10)15;/h3-6,9,16H,2,7-8H2,1H3,(H,17,20)(H,18,19);1H. The lowest BCUT2D eigenvalue weighted by Gasteiger charge is -2.06. The van der Waals surface area contributed by atoms with Gasteiger partial charge in [0, 0.05) is 18.7 Å². The minimum absolute atomic E-state index is 0. The Morgan fingerprint density at radius 3 is 2.81 bits per heavy atom. The fraction of sp³-hybridized carbons (Fsp3) is 0.286. The molecular weight excluding hydrogens is 295 g/mol. The van der Waals surface area contributed by atoms with E-state index in [2.05, 4.69) is 20.8 Å². The Morgan fingerprint density at radius 1 is 1.33 bits per heavy atom. The van der Waals surface area contributed by atoms with E-state index >= 15 is 0 Å². The third-order valence-corrected chi connectivity index (χ3v) is 2.86. The van der Waals surface area contributed by atoms with Gasteiger partial charge in [-0.15, -0.1) is 12.4 Å². The van der Waals surface area contributed by atoms with Crippen molar-refractivity contribution in [3.8, 4) is 11.3 Å². The Bertz CT molecular complexity index is 588. The lowest BCUT2D eigenvalue weighted by Crippen LogP contribution is -2.31. The van der Waals surface area contributed by atoms with E-state index in [4.69, 9.17) is 0 Å². The molecule has 0 aliphatic rings. The van der Waals surface area contributed by atoms with Crippen LogP contribution < -0.4 is 10.6 Å². The summed E-state index contributed by atoms with van der Waals surface area (Å²) in [6, 6.07) is 6.28. The van der Waals surface area contributed by atoms with Gasteiger partial charge in [-0.3, -0.25) is 9.89 Å². The predicted octanol–water partition coefficient (Wildman–Crippen LogP) is 1.98. The second-order valence-corrected chi connectivity index (χ2v) is 4.25. The highest BCUT2D eigenvalue weighted by molar-refractivity contribution is 5.99. The van der Waals surface area contributed by atoms with Crippen LogP contribution in [0.5, 0.6) is 0 Å². The molecule has 0 radical (unpaired) electrons. The average molecular weight is 313 g/mol. The van der Waals surface area contributed by atoms with Gasteiger partial charge < -0.3 is 10.6 Å². The maximum absolute atomic E-state index is 13.8. The molecule has 0 aliphatic carbocycles. The maximum atomic E-state index is 13.8. The van der Waals surface area contributed by atoms with E-state index in [0.29, 0.717) is 29.9 Å². The summed E-state index contributed by atoms with van der Waals surface area (Å²) >= 11 is 0. The van der Waals surface area contributed by atoms with Gasteiger partial charge in [-0.2, -0.15) is 5.10 Å². The van der Waals surface area contributed by atoms with E-state index in [1.54, 1.807) is 18.2 Å². The van der Waals surface area contributed by atoms with Gasteiger partial charge in [-0.05, 0) is 18.7 Å². The van der Waals surface area contributed by atoms with E-state index in [1.807, 2.05) is 6.92 Å². The van der Waals surface area contributed by atoms with Crippen LogP contribution in [0.3, 0.4) is 0 Å². The normalized spacial score (nSPS) is 10.0. The van der Waals surface area contributed by atoms with E-state index in [1.165, 1.54) is 12.3 Å². The van der Waals surface area contributed by atoms with Crippen LogP contribution in [0.25, 0.3) is 11.3 Å². The minimum atomic E-state index is -0.390. The van der Waals surface area contributed by atoms with Crippen LogP contribution in [0.15, 0.2) is 30.5 Å². The number of aromatic amines is 1. The molecule has 1 amide bonds. The maximum Gasteiger partial charge on any atom is 0.255 e. The summed E-state index contributed by atoms with van der Waals surface area (Å²) in [5.74, 6) is -0.659. The number of carbonyl (C=O) groups is 1. The summed E-state index contributed by atoms with van der Waals surface area (Å²) in [5.41, 5.74) is 1.07. The molecule has 5 nitrogen and oxygen atoms in total. The Hall–Kier alpha value is -1.92. The second kappa shape index (κ2) is 8.39. The van der Waals surface area contributed by atoms with Crippen LogP contribution in [-0.2, 0) is 0 Å². The first-order chi connectivity index (χ1) is 9.74. The van der Waals surface area contributed by atoms with Crippen LogP contribution in [0, 0.1) is 5.82 Å². The van der Waals surface area contributed by atoms with Crippen molar-refractivity contribution in [2.24, 2.45) is 0 Å². The number of hydrogen-bond donors (Lipinski definition) is 3. The molecule has 1 aromatic heterocycles. The van der Waals surface area contributed by atoms with E-state index in [9.17, 15) is 9.18 Å². The first-order valence-electron chi connectivity index (χ1n) is 6.51. The SMILES string of the molecule is CCNCCNC(=O)c1cn[nH]c1-c1ccccc1F.Cl. The number of nitrogens with one attached hydrogen (secondary N) is 3. The largest absolute Gasteiger partial charge is 0.351 e. The summed E-state index contributed by atoms with van der Waals surface area (Å²) in [5, 5.41) is 12.4. The molecule has 0 unspecified atom stereocenters. The molecule has 7 heteroatoms. The van der Waals surface area contributed by atoms with Crippen molar-refractivity contribution in [1.29, 1.82) is 0 Å². The zero-order valence-corrected chi connectivity index (χ0v) is 12.5. The first kappa shape index (κ1) is 17.1. The second-order valence-electron chi connectivity index (χ2n) is 4.25. The van der Waals surface area contributed by atoms with E-state index in [-0.39, 0.29) is 18.3 Å². The Morgan fingerprint density at radius 2 is 2.10 bits per heavy atom.